The summed E-state index contributed by atoms with van der Waals surface area (Å²) in [6, 6.07) is 9.98. The van der Waals surface area contributed by atoms with E-state index in [1.165, 1.54) is 5.69 Å². The maximum atomic E-state index is 5.15. The summed E-state index contributed by atoms with van der Waals surface area (Å²) < 4.78 is 12.4. The first kappa shape index (κ1) is 14.6. The van der Waals surface area contributed by atoms with Crippen molar-refractivity contribution in [2.45, 2.75) is 13.1 Å². The van der Waals surface area contributed by atoms with E-state index in [1.807, 2.05) is 24.3 Å². The number of pyridine rings is 1. The van der Waals surface area contributed by atoms with Gasteiger partial charge in [-0.25, -0.2) is 4.98 Å². The predicted molar refractivity (Wildman–Crippen MR) is 77.9 cm³/mol. The van der Waals surface area contributed by atoms with Gasteiger partial charge in [0, 0.05) is 38.2 Å². The molecule has 0 radical (unpaired) electrons. The van der Waals surface area contributed by atoms with E-state index in [4.69, 9.17) is 9.47 Å². The minimum atomic E-state index is 0.648. The average molecular weight is 275 g/mol. The van der Waals surface area contributed by atoms with Crippen LogP contribution in [0.15, 0.2) is 36.5 Å². The Balaban J connectivity index is 1.97. The van der Waals surface area contributed by atoms with Gasteiger partial charge in [0.05, 0.1) is 26.0 Å². The smallest absolute Gasteiger partial charge is 0.213 e. The molecule has 0 aliphatic rings. The van der Waals surface area contributed by atoms with Crippen molar-refractivity contribution in [2.75, 3.05) is 27.4 Å². The molecule has 0 unspecified atom stereocenters. The molecule has 5 heteroatoms. The fourth-order valence-corrected chi connectivity index (χ4v) is 1.99. The van der Waals surface area contributed by atoms with Crippen LogP contribution in [0.3, 0.4) is 0 Å². The van der Waals surface area contributed by atoms with Crippen molar-refractivity contribution in [1.82, 2.24) is 14.9 Å². The lowest BCUT2D eigenvalue weighted by atomic mass is 10.3. The summed E-state index contributed by atoms with van der Waals surface area (Å²) in [5, 5.41) is 3.35. The van der Waals surface area contributed by atoms with Crippen molar-refractivity contribution in [3.05, 3.63) is 47.9 Å². The zero-order chi connectivity index (χ0) is 14.2. The highest BCUT2D eigenvalue weighted by atomic mass is 16.5. The number of ether oxygens (including phenoxy) is 2. The minimum absolute atomic E-state index is 0.648. The van der Waals surface area contributed by atoms with E-state index in [0.717, 1.165) is 31.9 Å². The molecular formula is C15H21N3O2. The molecule has 108 valence electrons. The molecule has 0 aliphatic carbocycles. The molecule has 0 atom stereocenters. The van der Waals surface area contributed by atoms with E-state index in [1.54, 1.807) is 14.2 Å². The fraction of sp³-hybridized carbons (Fsp3) is 0.400. The monoisotopic (exact) mass is 275 g/mol. The van der Waals surface area contributed by atoms with Gasteiger partial charge in [0.2, 0.25) is 5.88 Å². The molecule has 0 bridgehead atoms. The van der Waals surface area contributed by atoms with Crippen molar-refractivity contribution in [2.24, 2.45) is 0 Å². The molecule has 0 aliphatic heterocycles. The average Bonchev–Trinajstić information content (AvgIpc) is 2.91. The number of nitrogens with zero attached hydrogens (tertiary/aromatic N) is 2. The molecule has 0 saturated carbocycles. The Morgan fingerprint density at radius 3 is 2.90 bits per heavy atom. The summed E-state index contributed by atoms with van der Waals surface area (Å²) in [5.74, 6) is 0.648. The molecule has 2 aromatic rings. The van der Waals surface area contributed by atoms with Crippen LogP contribution in [0.5, 0.6) is 5.88 Å². The molecule has 0 amide bonds. The van der Waals surface area contributed by atoms with Crippen molar-refractivity contribution in [1.29, 1.82) is 0 Å². The second-order valence-electron chi connectivity index (χ2n) is 4.47. The molecule has 5 nitrogen and oxygen atoms in total. The van der Waals surface area contributed by atoms with E-state index in [2.05, 4.69) is 27.1 Å². The van der Waals surface area contributed by atoms with Crippen molar-refractivity contribution < 1.29 is 9.47 Å². The zero-order valence-corrected chi connectivity index (χ0v) is 12.0. The lowest BCUT2D eigenvalue weighted by molar-refractivity contribution is 0.199. The van der Waals surface area contributed by atoms with Gasteiger partial charge in [-0.3, -0.25) is 0 Å². The standard InChI is InChI=1S/C15H21N3O2/c1-19-10-8-16-11-14-6-4-9-18(14)12-13-5-3-7-15(17-13)20-2/h3-7,9,16H,8,10-12H2,1-2H3. The van der Waals surface area contributed by atoms with Gasteiger partial charge in [-0.15, -0.1) is 0 Å². The quantitative estimate of drug-likeness (QED) is 0.745. The molecule has 20 heavy (non-hydrogen) atoms. The first-order valence-electron chi connectivity index (χ1n) is 6.67. The molecular weight excluding hydrogens is 254 g/mol. The van der Waals surface area contributed by atoms with Crippen LogP contribution in [-0.2, 0) is 17.8 Å². The summed E-state index contributed by atoms with van der Waals surface area (Å²) in [5.41, 5.74) is 2.21. The number of methoxy groups -OCH3 is 2. The van der Waals surface area contributed by atoms with Crippen LogP contribution >= 0.6 is 0 Å². The molecule has 2 aromatic heterocycles. The van der Waals surface area contributed by atoms with Gasteiger partial charge in [-0.2, -0.15) is 0 Å². The van der Waals surface area contributed by atoms with E-state index in [-0.39, 0.29) is 0 Å². The van der Waals surface area contributed by atoms with E-state index < -0.39 is 0 Å². The Morgan fingerprint density at radius 1 is 1.20 bits per heavy atom. The van der Waals surface area contributed by atoms with Crippen LogP contribution in [-0.4, -0.2) is 36.9 Å². The summed E-state index contributed by atoms with van der Waals surface area (Å²) in [7, 11) is 3.34. The first-order chi connectivity index (χ1) is 9.83. The van der Waals surface area contributed by atoms with Crippen LogP contribution in [0.4, 0.5) is 0 Å². The van der Waals surface area contributed by atoms with Gasteiger partial charge >= 0.3 is 0 Å². The number of nitrogens with one attached hydrogen (secondary N) is 1. The third-order valence-corrected chi connectivity index (χ3v) is 3.04. The largest absolute Gasteiger partial charge is 0.481 e. The first-order valence-corrected chi connectivity index (χ1v) is 6.67. The van der Waals surface area contributed by atoms with Gasteiger partial charge in [0.25, 0.3) is 0 Å². The second kappa shape index (κ2) is 7.67. The van der Waals surface area contributed by atoms with Crippen LogP contribution in [0, 0.1) is 0 Å². The highest BCUT2D eigenvalue weighted by Gasteiger charge is 2.03. The highest BCUT2D eigenvalue weighted by molar-refractivity contribution is 5.17. The normalized spacial score (nSPS) is 10.7. The third kappa shape index (κ3) is 4.08. The van der Waals surface area contributed by atoms with Crippen molar-refractivity contribution in [3.8, 4) is 5.88 Å². The second-order valence-corrected chi connectivity index (χ2v) is 4.47. The number of hydrogen-bond donors (Lipinski definition) is 1. The summed E-state index contributed by atoms with van der Waals surface area (Å²) >= 11 is 0. The summed E-state index contributed by atoms with van der Waals surface area (Å²) in [4.78, 5) is 4.43. The highest BCUT2D eigenvalue weighted by Crippen LogP contribution is 2.10. The molecule has 0 fully saturated rings. The summed E-state index contributed by atoms with van der Waals surface area (Å²) in [6.45, 7) is 3.13. The van der Waals surface area contributed by atoms with E-state index in [0.29, 0.717) is 5.88 Å². The zero-order valence-electron chi connectivity index (χ0n) is 12.0. The SMILES string of the molecule is COCCNCc1cccn1Cc1cccc(OC)n1. The Labute approximate surface area is 119 Å². The van der Waals surface area contributed by atoms with Crippen LogP contribution in [0.2, 0.25) is 0 Å². The van der Waals surface area contributed by atoms with Gasteiger partial charge in [-0.1, -0.05) is 6.07 Å². The maximum Gasteiger partial charge on any atom is 0.213 e. The van der Waals surface area contributed by atoms with Gasteiger partial charge in [0.15, 0.2) is 0 Å². The van der Waals surface area contributed by atoms with E-state index in [9.17, 15) is 0 Å². The lowest BCUT2D eigenvalue weighted by Crippen LogP contribution is -2.20. The summed E-state index contributed by atoms with van der Waals surface area (Å²) in [6.07, 6.45) is 2.06. The molecule has 0 saturated heterocycles. The molecule has 2 rings (SSSR count). The van der Waals surface area contributed by atoms with Crippen LogP contribution in [0.1, 0.15) is 11.4 Å². The Hall–Kier alpha value is -1.85. The number of aromatic nitrogens is 2. The number of rotatable bonds is 8. The van der Waals surface area contributed by atoms with Crippen molar-refractivity contribution in [3.63, 3.8) is 0 Å². The van der Waals surface area contributed by atoms with Gasteiger partial charge in [0.1, 0.15) is 0 Å². The Bertz CT molecular complexity index is 525. The van der Waals surface area contributed by atoms with Crippen molar-refractivity contribution >= 4 is 0 Å². The molecule has 1 N–H and O–H groups in total. The Kier molecular flexibility index (Phi) is 5.58. The van der Waals surface area contributed by atoms with E-state index >= 15 is 0 Å². The van der Waals surface area contributed by atoms with Crippen LogP contribution < -0.4 is 10.1 Å². The van der Waals surface area contributed by atoms with Gasteiger partial charge < -0.3 is 19.4 Å². The van der Waals surface area contributed by atoms with Gasteiger partial charge in [-0.05, 0) is 18.2 Å². The minimum Gasteiger partial charge on any atom is -0.481 e. The lowest BCUT2D eigenvalue weighted by Gasteiger charge is -2.10. The topological polar surface area (TPSA) is 48.3 Å². The number of hydrogen-bond acceptors (Lipinski definition) is 4. The molecule has 0 spiro atoms. The molecule has 0 aromatic carbocycles. The fourth-order valence-electron chi connectivity index (χ4n) is 1.99. The third-order valence-electron chi connectivity index (χ3n) is 3.04. The molecule has 2 heterocycles. The predicted octanol–water partition coefficient (Wildman–Crippen LogP) is 1.68. The maximum absolute atomic E-state index is 5.15. The van der Waals surface area contributed by atoms with Crippen LogP contribution in [0.25, 0.3) is 0 Å². The Morgan fingerprint density at radius 2 is 2.10 bits per heavy atom.